The summed E-state index contributed by atoms with van der Waals surface area (Å²) in [5.41, 5.74) is 2.38. The van der Waals surface area contributed by atoms with Crippen LogP contribution in [0.3, 0.4) is 0 Å². The van der Waals surface area contributed by atoms with Crippen molar-refractivity contribution in [1.82, 2.24) is 20.1 Å². The minimum atomic E-state index is 0.289. The van der Waals surface area contributed by atoms with E-state index in [2.05, 4.69) is 65.8 Å². The molecule has 0 saturated heterocycles. The number of para-hydroxylation sites is 1. The van der Waals surface area contributed by atoms with E-state index in [1.54, 1.807) is 6.33 Å². The lowest BCUT2D eigenvalue weighted by Gasteiger charge is -2.23. The van der Waals surface area contributed by atoms with E-state index < -0.39 is 0 Å². The third-order valence-corrected chi connectivity index (χ3v) is 3.96. The molecule has 0 bridgehead atoms. The van der Waals surface area contributed by atoms with Crippen molar-refractivity contribution in [3.05, 3.63) is 78.4 Å². The fourth-order valence-electron chi connectivity index (χ4n) is 2.78. The molecule has 0 amide bonds. The molecule has 3 aromatic rings. The van der Waals surface area contributed by atoms with Gasteiger partial charge in [0.1, 0.15) is 6.33 Å². The minimum Gasteiger partial charge on any atom is -0.303 e. The second-order valence-electron chi connectivity index (χ2n) is 5.97. The Morgan fingerprint density at radius 1 is 0.957 bits per heavy atom. The van der Waals surface area contributed by atoms with Gasteiger partial charge in [0.15, 0.2) is 5.82 Å². The van der Waals surface area contributed by atoms with Crippen LogP contribution in [0, 0.1) is 5.92 Å². The number of benzene rings is 2. The number of rotatable bonds is 6. The van der Waals surface area contributed by atoms with Crippen molar-refractivity contribution >= 4 is 0 Å². The zero-order chi connectivity index (χ0) is 16.1. The Kier molecular flexibility index (Phi) is 4.83. The van der Waals surface area contributed by atoms with Crippen molar-refractivity contribution in [3.8, 4) is 5.69 Å². The Balaban J connectivity index is 1.77. The first-order chi connectivity index (χ1) is 11.3. The summed E-state index contributed by atoms with van der Waals surface area (Å²) in [4.78, 5) is 0. The van der Waals surface area contributed by atoms with Gasteiger partial charge in [0.2, 0.25) is 0 Å². The van der Waals surface area contributed by atoms with Gasteiger partial charge in [-0.15, -0.1) is 10.2 Å². The molecule has 1 atom stereocenters. The number of hydrogen-bond acceptors (Lipinski definition) is 3. The number of nitrogens with zero attached hydrogens (tertiary/aromatic N) is 3. The summed E-state index contributed by atoms with van der Waals surface area (Å²) in [6.45, 7) is 5.13. The van der Waals surface area contributed by atoms with Crippen LogP contribution in [0.2, 0.25) is 0 Å². The van der Waals surface area contributed by atoms with E-state index in [4.69, 9.17) is 0 Å². The molecule has 118 valence electrons. The summed E-state index contributed by atoms with van der Waals surface area (Å²) >= 11 is 0. The topological polar surface area (TPSA) is 42.7 Å². The maximum Gasteiger partial charge on any atom is 0.151 e. The molecule has 1 heterocycles. The van der Waals surface area contributed by atoms with Crippen molar-refractivity contribution in [3.63, 3.8) is 0 Å². The van der Waals surface area contributed by atoms with Crippen LogP contribution >= 0.6 is 0 Å². The molecule has 23 heavy (non-hydrogen) atoms. The van der Waals surface area contributed by atoms with Crippen LogP contribution in [0.25, 0.3) is 5.69 Å². The molecule has 0 aliphatic heterocycles. The normalized spacial score (nSPS) is 12.5. The molecular weight excluding hydrogens is 284 g/mol. The standard InChI is InChI=1S/C19H22N4/c1-15(2)19(16-9-5-3-6-10-16)20-13-18-22-21-14-23(18)17-11-7-4-8-12-17/h3-12,14-15,19-20H,13H2,1-2H3. The van der Waals surface area contributed by atoms with Crippen LogP contribution in [-0.4, -0.2) is 14.8 Å². The fourth-order valence-corrected chi connectivity index (χ4v) is 2.78. The SMILES string of the molecule is CC(C)C(NCc1nncn1-c1ccccc1)c1ccccc1. The van der Waals surface area contributed by atoms with Crippen molar-refractivity contribution < 1.29 is 0 Å². The lowest BCUT2D eigenvalue weighted by atomic mass is 9.96. The van der Waals surface area contributed by atoms with Crippen molar-refractivity contribution in [2.75, 3.05) is 0 Å². The van der Waals surface area contributed by atoms with Gasteiger partial charge in [-0.3, -0.25) is 4.57 Å². The number of hydrogen-bond donors (Lipinski definition) is 1. The quantitative estimate of drug-likeness (QED) is 0.754. The van der Waals surface area contributed by atoms with Crippen LogP contribution in [0.15, 0.2) is 67.0 Å². The Labute approximate surface area is 137 Å². The Hall–Kier alpha value is -2.46. The maximum absolute atomic E-state index is 4.27. The van der Waals surface area contributed by atoms with Gasteiger partial charge < -0.3 is 5.32 Å². The summed E-state index contributed by atoms with van der Waals surface area (Å²) < 4.78 is 2.02. The first kappa shape index (κ1) is 15.4. The molecule has 1 N–H and O–H groups in total. The average Bonchev–Trinajstić information content (AvgIpc) is 3.05. The lowest BCUT2D eigenvalue weighted by molar-refractivity contribution is 0.404. The van der Waals surface area contributed by atoms with Gasteiger partial charge in [0, 0.05) is 11.7 Å². The van der Waals surface area contributed by atoms with E-state index in [9.17, 15) is 0 Å². The van der Waals surface area contributed by atoms with Crippen LogP contribution < -0.4 is 5.32 Å². The average molecular weight is 306 g/mol. The van der Waals surface area contributed by atoms with Crippen molar-refractivity contribution in [2.24, 2.45) is 5.92 Å². The highest BCUT2D eigenvalue weighted by Gasteiger charge is 2.16. The van der Waals surface area contributed by atoms with Crippen LogP contribution in [0.4, 0.5) is 0 Å². The monoisotopic (exact) mass is 306 g/mol. The Bertz CT molecular complexity index is 719. The highest BCUT2D eigenvalue weighted by Crippen LogP contribution is 2.22. The predicted octanol–water partition coefficient (Wildman–Crippen LogP) is 3.75. The molecule has 0 radical (unpaired) electrons. The summed E-state index contributed by atoms with van der Waals surface area (Å²) in [7, 11) is 0. The molecule has 1 aromatic heterocycles. The smallest absolute Gasteiger partial charge is 0.151 e. The minimum absolute atomic E-state index is 0.289. The Morgan fingerprint density at radius 3 is 2.26 bits per heavy atom. The molecule has 0 fully saturated rings. The number of nitrogens with one attached hydrogen (secondary N) is 1. The number of aromatic nitrogens is 3. The molecule has 0 saturated carbocycles. The summed E-state index contributed by atoms with van der Waals surface area (Å²) in [5.74, 6) is 1.41. The van der Waals surface area contributed by atoms with E-state index in [1.807, 2.05) is 28.8 Å². The summed E-state index contributed by atoms with van der Waals surface area (Å²) in [6.07, 6.45) is 1.76. The van der Waals surface area contributed by atoms with Gasteiger partial charge in [-0.1, -0.05) is 62.4 Å². The molecule has 1 unspecified atom stereocenters. The van der Waals surface area contributed by atoms with E-state index in [0.717, 1.165) is 11.5 Å². The molecule has 4 nitrogen and oxygen atoms in total. The Morgan fingerprint density at radius 2 is 1.61 bits per heavy atom. The first-order valence-electron chi connectivity index (χ1n) is 7.98. The van der Waals surface area contributed by atoms with E-state index in [1.165, 1.54) is 5.56 Å². The third kappa shape index (κ3) is 3.66. The van der Waals surface area contributed by atoms with Gasteiger partial charge in [0.25, 0.3) is 0 Å². The molecule has 0 aliphatic carbocycles. The zero-order valence-electron chi connectivity index (χ0n) is 13.6. The largest absolute Gasteiger partial charge is 0.303 e. The van der Waals surface area contributed by atoms with Crippen LogP contribution in [0.1, 0.15) is 31.3 Å². The molecule has 3 rings (SSSR count). The van der Waals surface area contributed by atoms with E-state index in [-0.39, 0.29) is 6.04 Å². The first-order valence-corrected chi connectivity index (χ1v) is 7.98. The van der Waals surface area contributed by atoms with Gasteiger partial charge in [-0.05, 0) is 23.6 Å². The molecule has 0 spiro atoms. The molecule has 0 aliphatic rings. The van der Waals surface area contributed by atoms with Gasteiger partial charge >= 0.3 is 0 Å². The fraction of sp³-hybridized carbons (Fsp3) is 0.263. The van der Waals surface area contributed by atoms with Gasteiger partial charge in [-0.25, -0.2) is 0 Å². The molecular formula is C19H22N4. The predicted molar refractivity (Wildman–Crippen MR) is 92.2 cm³/mol. The van der Waals surface area contributed by atoms with Crippen LogP contribution in [0.5, 0.6) is 0 Å². The van der Waals surface area contributed by atoms with Crippen molar-refractivity contribution in [2.45, 2.75) is 26.4 Å². The second-order valence-corrected chi connectivity index (χ2v) is 5.97. The summed E-state index contributed by atoms with van der Waals surface area (Å²) in [6, 6.07) is 21.0. The maximum atomic E-state index is 4.27. The van der Waals surface area contributed by atoms with Gasteiger partial charge in [-0.2, -0.15) is 0 Å². The highest BCUT2D eigenvalue weighted by molar-refractivity contribution is 5.32. The third-order valence-electron chi connectivity index (χ3n) is 3.96. The molecule has 4 heteroatoms. The van der Waals surface area contributed by atoms with E-state index in [0.29, 0.717) is 12.5 Å². The van der Waals surface area contributed by atoms with Crippen molar-refractivity contribution in [1.29, 1.82) is 0 Å². The zero-order valence-corrected chi connectivity index (χ0v) is 13.6. The summed E-state index contributed by atoms with van der Waals surface area (Å²) in [5, 5.41) is 12.0. The molecule has 2 aromatic carbocycles. The lowest BCUT2D eigenvalue weighted by Crippen LogP contribution is -2.26. The van der Waals surface area contributed by atoms with Crippen LogP contribution in [-0.2, 0) is 6.54 Å². The highest BCUT2D eigenvalue weighted by atomic mass is 15.3. The second kappa shape index (κ2) is 7.20. The van der Waals surface area contributed by atoms with Gasteiger partial charge in [0.05, 0.1) is 6.54 Å². The van der Waals surface area contributed by atoms with E-state index >= 15 is 0 Å².